The van der Waals surface area contributed by atoms with E-state index in [4.69, 9.17) is 42.6 Å². The summed E-state index contributed by atoms with van der Waals surface area (Å²) in [6, 6.07) is 15.2. The number of carbonyl (C=O) groups is 7. The van der Waals surface area contributed by atoms with Crippen LogP contribution in [0.4, 0.5) is 4.79 Å². The molecule has 1 saturated heterocycles. The van der Waals surface area contributed by atoms with E-state index in [9.17, 15) is 33.9 Å². The van der Waals surface area contributed by atoms with Crippen LogP contribution < -0.4 is 10.6 Å². The molecule has 0 spiro atoms. The number of aliphatic hydroxyl groups is 1. The maximum atomic E-state index is 15.6. The Kier molecular flexibility index (Phi) is 21.9. The number of hydrogen-bond donors (Lipinski definition) is 3. The Morgan fingerprint density at radius 3 is 2.11 bits per heavy atom. The molecule has 3 N–H and O–H groups in total. The van der Waals surface area contributed by atoms with Crippen LogP contribution in [0, 0.1) is 63.1 Å². The molecule has 1 aliphatic heterocycles. The van der Waals surface area contributed by atoms with Gasteiger partial charge in [0.05, 0.1) is 36.7 Å². The lowest BCUT2D eigenvalue weighted by Gasteiger charge is -2.68. The number of fused-ring (bicyclic) bond motifs is 10. The van der Waals surface area contributed by atoms with Gasteiger partial charge in [0.1, 0.15) is 48.2 Å². The van der Waals surface area contributed by atoms with Crippen molar-refractivity contribution in [1.29, 1.82) is 0 Å². The highest BCUT2D eigenvalue weighted by atomic mass is 16.6. The Labute approximate surface area is 574 Å². The normalized spacial score (nSPS) is 34.9. The minimum atomic E-state index is -2.19. The Balaban J connectivity index is 0.862. The molecule has 2 amide bonds. The first kappa shape index (κ1) is 73.6. The molecular weight excluding hydrogens is 1240 g/mol. The lowest BCUT2D eigenvalue weighted by Crippen LogP contribution is -2.80. The van der Waals surface area contributed by atoms with Crippen LogP contribution in [0.2, 0.25) is 0 Å². The van der Waals surface area contributed by atoms with Crippen molar-refractivity contribution < 1.29 is 81.3 Å². The zero-order valence-electron chi connectivity index (χ0n) is 60.2. The maximum absolute atomic E-state index is 15.6. The molecule has 19 atom stereocenters. The number of ether oxygens (including phenoxy) is 9. The molecule has 0 radical (unpaired) electrons. The molecule has 534 valence electrons. The highest BCUT2D eigenvalue weighted by molar-refractivity contribution is 5.90. The van der Waals surface area contributed by atoms with Crippen molar-refractivity contribution in [3.05, 3.63) is 94.6 Å². The summed E-state index contributed by atoms with van der Waals surface area (Å²) >= 11 is 0. The molecule has 2 aromatic carbocycles. The van der Waals surface area contributed by atoms with Crippen LogP contribution in [0.3, 0.4) is 0 Å². The van der Waals surface area contributed by atoms with Crippen molar-refractivity contribution in [1.82, 2.24) is 10.6 Å². The van der Waals surface area contributed by atoms with Gasteiger partial charge < -0.3 is 58.4 Å². The van der Waals surface area contributed by atoms with Gasteiger partial charge in [-0.25, -0.2) is 14.4 Å². The number of hydrogen-bond acceptors (Lipinski definition) is 17. The number of esters is 5. The van der Waals surface area contributed by atoms with E-state index in [-0.39, 0.29) is 30.1 Å². The Morgan fingerprint density at radius 1 is 0.773 bits per heavy atom. The van der Waals surface area contributed by atoms with E-state index in [2.05, 4.69) is 51.3 Å². The average Bonchev–Trinajstić information content (AvgIpc) is 1.21. The number of amides is 2. The number of methoxy groups -OCH3 is 2. The lowest BCUT2D eigenvalue weighted by atomic mass is 9.45. The predicted molar refractivity (Wildman–Crippen MR) is 362 cm³/mol. The third-order valence-electron chi connectivity index (χ3n) is 24.9. The molecule has 97 heavy (non-hydrogen) atoms. The molecule has 10 rings (SSSR count). The van der Waals surface area contributed by atoms with Gasteiger partial charge in [-0.05, 0) is 154 Å². The maximum Gasteiger partial charge on any atom is 0.408 e. The third kappa shape index (κ3) is 14.5. The van der Waals surface area contributed by atoms with Crippen molar-refractivity contribution in [2.24, 2.45) is 63.1 Å². The summed E-state index contributed by atoms with van der Waals surface area (Å²) in [7, 11) is 3.11. The highest BCUT2D eigenvalue weighted by Crippen LogP contribution is 2.69. The molecule has 8 aliphatic rings. The van der Waals surface area contributed by atoms with Crippen molar-refractivity contribution >= 4 is 41.8 Å². The summed E-state index contributed by atoms with van der Waals surface area (Å²) < 4.78 is 56.6. The average molecular weight is 1350 g/mol. The van der Waals surface area contributed by atoms with Gasteiger partial charge in [-0.1, -0.05) is 135 Å². The lowest BCUT2D eigenvalue weighted by molar-refractivity contribution is -0.355. The molecule has 19 nitrogen and oxygen atoms in total. The smallest absolute Gasteiger partial charge is 0.408 e. The first-order chi connectivity index (χ1) is 45.7. The first-order valence-electron chi connectivity index (χ1n) is 35.9. The number of carbonyl (C=O) groups excluding carboxylic acids is 7. The van der Waals surface area contributed by atoms with E-state index in [1.54, 1.807) is 95.5 Å². The van der Waals surface area contributed by atoms with Crippen molar-refractivity contribution in [3.63, 3.8) is 0 Å². The van der Waals surface area contributed by atoms with Crippen molar-refractivity contribution in [2.45, 2.75) is 258 Å². The summed E-state index contributed by atoms with van der Waals surface area (Å²) in [6.45, 7) is 25.3. The molecule has 2 aromatic rings. The van der Waals surface area contributed by atoms with Gasteiger partial charge in [0.15, 0.2) is 5.60 Å². The largest absolute Gasteiger partial charge is 0.461 e. The number of alkyl carbamates (subject to hydrolysis) is 1. The SMILES string of the molecule is CO[C@H]1C[C@]2(C)[C@@H](OC)C[C@H]3OC[C@@]3(OC(C)=O)[C@H]2[C@H](OC(=O)c2ccccc2)[C@]2(O)C[C@H](OC(=O)[C@H](OC(=O)CCC(=O)NCC(=O)O[C@H]3CC[C@@]4(C)C(=CCC5C4CC[C@@]4(C)C5CC[C@@H]4[C@H](C)CCCC(C)C)C3)[C@@H](NC(=O)OC(C)(C)C)c3ccccc3)C(C)=C1C2(C)C. The summed E-state index contributed by atoms with van der Waals surface area (Å²) in [5.41, 5.74) is -3.72. The van der Waals surface area contributed by atoms with Crippen LogP contribution in [0.15, 0.2) is 83.5 Å². The molecule has 0 aromatic heterocycles. The number of nitrogens with one attached hydrogen (secondary N) is 2. The standard InChI is InChI=1S/C78H110N2O17/c1-45(2)23-22-24-46(3)54-31-32-55-53-30-29-51-39-52(35-37-74(51,11)56(53)36-38-75(54,55)12)92-63(84)43-79-61(82)33-34-62(83)94-66(65(49-25-18-16-19-26-49)80-71(87)97-72(6,7)8)70(86)93-57-42-78(88)68(95-69(85)50-27-20-17-21-28-50)67-76(13,41-58(89-14)64(47(57)4)73(78,9)10)59(90-15)40-60-77(67,44-91-60)96-48(5)81/h16-21,25-29,45-46,52-60,65-68,88H,22-24,30-44H2,1-15H3,(H,79,82)(H,80,87)/t46-,52+,53?,54-,55?,56?,57+,58+,59+,60-,65+,66-,67+,68+,74+,75-,76-,77+,78-/m1/s1. The molecule has 19 heteroatoms. The minimum absolute atomic E-state index is 0.0588. The van der Waals surface area contributed by atoms with E-state index < -0.39 is 144 Å². The second-order valence-corrected chi connectivity index (χ2v) is 32.6. The summed E-state index contributed by atoms with van der Waals surface area (Å²) in [5.74, 6) is -1.55. The number of rotatable bonds is 22. The van der Waals surface area contributed by atoms with Crippen LogP contribution in [0.1, 0.15) is 215 Å². The van der Waals surface area contributed by atoms with E-state index in [0.29, 0.717) is 46.8 Å². The van der Waals surface area contributed by atoms with Gasteiger partial charge in [0.2, 0.25) is 12.0 Å². The molecule has 7 aliphatic carbocycles. The Morgan fingerprint density at radius 2 is 1.47 bits per heavy atom. The first-order valence-corrected chi connectivity index (χ1v) is 35.9. The van der Waals surface area contributed by atoms with Crippen molar-refractivity contribution in [3.8, 4) is 0 Å². The van der Waals surface area contributed by atoms with Crippen LogP contribution in [-0.4, -0.2) is 134 Å². The van der Waals surface area contributed by atoms with Gasteiger partial charge in [0.25, 0.3) is 0 Å². The fraction of sp³-hybridized carbons (Fsp3) is 0.705. The minimum Gasteiger partial charge on any atom is -0.461 e. The second kappa shape index (κ2) is 28.8. The second-order valence-electron chi connectivity index (χ2n) is 32.6. The van der Waals surface area contributed by atoms with Crippen LogP contribution in [0.5, 0.6) is 0 Å². The molecular formula is C78H110N2O17. The number of benzene rings is 2. The van der Waals surface area contributed by atoms with Gasteiger partial charge in [-0.15, -0.1) is 0 Å². The Hall–Kier alpha value is -6.15. The molecule has 1 heterocycles. The zero-order valence-corrected chi connectivity index (χ0v) is 60.2. The third-order valence-corrected chi connectivity index (χ3v) is 24.9. The van der Waals surface area contributed by atoms with Crippen LogP contribution in [0.25, 0.3) is 0 Å². The van der Waals surface area contributed by atoms with Gasteiger partial charge in [-0.3, -0.25) is 19.2 Å². The predicted octanol–water partition coefficient (Wildman–Crippen LogP) is 12.8. The monoisotopic (exact) mass is 1350 g/mol. The van der Waals surface area contributed by atoms with Crippen LogP contribution >= 0.6 is 0 Å². The fourth-order valence-electron chi connectivity index (χ4n) is 20.1. The fourth-order valence-corrected chi connectivity index (χ4v) is 20.1. The molecule has 3 unspecified atom stereocenters. The Bertz CT molecular complexity index is 3290. The van der Waals surface area contributed by atoms with Crippen molar-refractivity contribution in [2.75, 3.05) is 27.4 Å². The van der Waals surface area contributed by atoms with Gasteiger partial charge >= 0.3 is 35.9 Å². The summed E-state index contributed by atoms with van der Waals surface area (Å²) in [6.07, 6.45) is 5.73. The van der Waals surface area contributed by atoms with Gasteiger partial charge in [0, 0.05) is 57.7 Å². The molecule has 6 fully saturated rings. The van der Waals surface area contributed by atoms with Crippen LogP contribution in [-0.2, 0) is 66.6 Å². The molecule has 2 bridgehead atoms. The van der Waals surface area contributed by atoms with E-state index in [0.717, 1.165) is 42.9 Å². The topological polar surface area (TPSA) is 247 Å². The highest BCUT2D eigenvalue weighted by Gasteiger charge is 2.76. The summed E-state index contributed by atoms with van der Waals surface area (Å²) in [5, 5.41) is 19.6. The van der Waals surface area contributed by atoms with E-state index in [1.165, 1.54) is 64.6 Å². The summed E-state index contributed by atoms with van der Waals surface area (Å²) in [4.78, 5) is 99.0. The zero-order chi connectivity index (χ0) is 70.4. The van der Waals surface area contributed by atoms with Gasteiger partial charge in [-0.2, -0.15) is 0 Å². The quantitative estimate of drug-likeness (QED) is 0.0563. The van der Waals surface area contributed by atoms with E-state index >= 15 is 4.79 Å². The number of allylic oxidation sites excluding steroid dienone is 1. The van der Waals surface area contributed by atoms with E-state index in [1.807, 2.05) is 20.8 Å². The molecule has 5 saturated carbocycles.